The van der Waals surface area contributed by atoms with E-state index in [2.05, 4.69) is 74.1 Å². The Morgan fingerprint density at radius 3 is 1.69 bits per heavy atom. The molecule has 0 saturated carbocycles. The highest BCUT2D eigenvalue weighted by atomic mass is 16.5. The van der Waals surface area contributed by atoms with Gasteiger partial charge in [-0.25, -0.2) is 0 Å². The second-order valence-corrected chi connectivity index (χ2v) is 12.4. The highest BCUT2D eigenvalue weighted by Gasteiger charge is 2.57. The summed E-state index contributed by atoms with van der Waals surface area (Å²) in [6, 6.07) is 0.208. The quantitative estimate of drug-likeness (QED) is 0.185. The van der Waals surface area contributed by atoms with Crippen LogP contribution in [0.1, 0.15) is 153 Å². The van der Waals surface area contributed by atoms with Crippen LogP contribution in [0.25, 0.3) is 0 Å². The molecule has 1 saturated heterocycles. The van der Waals surface area contributed by atoms with Crippen molar-refractivity contribution in [1.29, 1.82) is 0 Å². The number of carbonyl (C=O) groups excluding carboxylic acids is 2. The molecule has 1 aliphatic rings. The largest absolute Gasteiger partial charge is 0.462 e. The first-order chi connectivity index (χ1) is 16.9. The molecule has 4 heteroatoms. The Morgan fingerprint density at radius 2 is 1.36 bits per heavy atom. The number of esters is 1. The van der Waals surface area contributed by atoms with E-state index in [1.54, 1.807) is 6.92 Å². The second kappa shape index (κ2) is 13.7. The van der Waals surface area contributed by atoms with Crippen LogP contribution in [0, 0.1) is 21.7 Å². The molecule has 0 spiro atoms. The Morgan fingerprint density at radius 1 is 0.833 bits per heavy atom. The van der Waals surface area contributed by atoms with Gasteiger partial charge >= 0.3 is 5.97 Å². The Bertz CT molecular complexity index is 684. The Kier molecular flexibility index (Phi) is 12.5. The van der Waals surface area contributed by atoms with Crippen molar-refractivity contribution < 1.29 is 14.3 Å². The first kappa shape index (κ1) is 33.0. The summed E-state index contributed by atoms with van der Waals surface area (Å²) in [6.07, 6.45) is 11.8. The molecule has 0 bridgehead atoms. The lowest BCUT2D eigenvalue weighted by atomic mass is 9.49. The number of hydrogen-bond acceptors (Lipinski definition) is 3. The lowest BCUT2D eigenvalue weighted by Gasteiger charge is -2.59. The Labute approximate surface area is 224 Å². The molecule has 0 aromatic heterocycles. The zero-order valence-electron chi connectivity index (χ0n) is 26.0. The third kappa shape index (κ3) is 6.49. The van der Waals surface area contributed by atoms with Gasteiger partial charge in [0, 0.05) is 31.3 Å². The lowest BCUT2D eigenvalue weighted by molar-refractivity contribution is -0.165. The Hall–Kier alpha value is -1.06. The number of likely N-dealkylation sites (tertiary alicyclic amines) is 1. The first-order valence-electron chi connectivity index (χ1n) is 15.3. The third-order valence-electron chi connectivity index (χ3n) is 11.5. The molecule has 0 radical (unpaired) electrons. The molecule has 0 N–H and O–H groups in total. The maximum Gasteiger partial charge on any atom is 0.302 e. The van der Waals surface area contributed by atoms with Crippen LogP contribution < -0.4 is 0 Å². The molecular weight excluding hydrogens is 446 g/mol. The van der Waals surface area contributed by atoms with Crippen LogP contribution in [0.3, 0.4) is 0 Å². The monoisotopic (exact) mass is 507 g/mol. The van der Waals surface area contributed by atoms with Crippen molar-refractivity contribution in [3.63, 3.8) is 0 Å². The van der Waals surface area contributed by atoms with Crippen molar-refractivity contribution in [3.8, 4) is 0 Å². The van der Waals surface area contributed by atoms with Gasteiger partial charge in [0.1, 0.15) is 6.10 Å². The molecule has 212 valence electrons. The van der Waals surface area contributed by atoms with Crippen LogP contribution in [-0.2, 0) is 14.3 Å². The molecule has 0 aliphatic carbocycles. The van der Waals surface area contributed by atoms with Gasteiger partial charge in [-0.05, 0) is 74.0 Å². The van der Waals surface area contributed by atoms with E-state index in [0.717, 1.165) is 77.2 Å². The summed E-state index contributed by atoms with van der Waals surface area (Å²) in [7, 11) is 0. The van der Waals surface area contributed by atoms with Crippen LogP contribution >= 0.6 is 0 Å². The summed E-state index contributed by atoms with van der Waals surface area (Å²) in [4.78, 5) is 28.0. The summed E-state index contributed by atoms with van der Waals surface area (Å²) in [5, 5.41) is 0. The zero-order valence-corrected chi connectivity index (χ0v) is 26.0. The van der Waals surface area contributed by atoms with E-state index in [4.69, 9.17) is 4.74 Å². The molecule has 1 amide bonds. The molecule has 4 nitrogen and oxygen atoms in total. The number of rotatable bonds is 17. The fourth-order valence-corrected chi connectivity index (χ4v) is 7.57. The first-order valence-corrected chi connectivity index (χ1v) is 15.3. The Balaban J connectivity index is 3.83. The van der Waals surface area contributed by atoms with Gasteiger partial charge in [-0.3, -0.25) is 9.59 Å². The minimum atomic E-state index is -0.177. The zero-order chi connectivity index (χ0) is 27.8. The van der Waals surface area contributed by atoms with Gasteiger partial charge < -0.3 is 9.64 Å². The standard InChI is InChI=1S/C32H61NO3/c1-12-29(10,13-2)23-26(33-22-20-21-28(33)35)32(18-7,19-8)31(16-5,17-6)24-27(36-25(9)34)30(11,14-3)15-4/h26-27H,12-24H2,1-11H3. The van der Waals surface area contributed by atoms with E-state index < -0.39 is 0 Å². The minimum absolute atomic E-state index is 0.0296. The average Bonchev–Trinajstić information content (AvgIpc) is 3.31. The van der Waals surface area contributed by atoms with Crippen LogP contribution in [0.15, 0.2) is 0 Å². The summed E-state index contributed by atoms with van der Waals surface area (Å²) >= 11 is 0. The van der Waals surface area contributed by atoms with Gasteiger partial charge in [0.25, 0.3) is 0 Å². The van der Waals surface area contributed by atoms with Gasteiger partial charge in [0.2, 0.25) is 5.91 Å². The molecule has 36 heavy (non-hydrogen) atoms. The highest BCUT2D eigenvalue weighted by molar-refractivity contribution is 5.78. The minimum Gasteiger partial charge on any atom is -0.462 e. The van der Waals surface area contributed by atoms with Gasteiger partial charge in [0.05, 0.1) is 0 Å². The summed E-state index contributed by atoms with van der Waals surface area (Å²) in [5.41, 5.74) is 0.0722. The molecule has 2 atom stereocenters. The van der Waals surface area contributed by atoms with E-state index in [9.17, 15) is 9.59 Å². The van der Waals surface area contributed by atoms with Crippen LogP contribution in [0.4, 0.5) is 0 Å². The predicted molar refractivity (Wildman–Crippen MR) is 153 cm³/mol. The SMILES string of the molecule is CCC(C)(CC)CC(N1CCCC1=O)C(CC)(CC)C(CC)(CC)CC(OC(C)=O)C(C)(CC)CC. The predicted octanol–water partition coefficient (Wildman–Crippen LogP) is 8.95. The van der Waals surface area contributed by atoms with Crippen molar-refractivity contribution in [2.45, 2.75) is 165 Å². The number of hydrogen-bond donors (Lipinski definition) is 0. The van der Waals surface area contributed by atoms with Crippen molar-refractivity contribution in [1.82, 2.24) is 4.90 Å². The second-order valence-electron chi connectivity index (χ2n) is 12.4. The molecule has 0 aromatic rings. The maximum atomic E-state index is 13.3. The van der Waals surface area contributed by atoms with Crippen LogP contribution in [0.2, 0.25) is 0 Å². The molecule has 1 fully saturated rings. The van der Waals surface area contributed by atoms with Crippen molar-refractivity contribution in [2.24, 2.45) is 21.7 Å². The number of ether oxygens (including phenoxy) is 1. The summed E-state index contributed by atoms with van der Waals surface area (Å²) in [6.45, 7) is 25.6. The number of nitrogens with zero attached hydrogens (tertiary/aromatic N) is 1. The van der Waals surface area contributed by atoms with E-state index in [1.165, 1.54) is 0 Å². The van der Waals surface area contributed by atoms with E-state index in [0.29, 0.717) is 12.3 Å². The van der Waals surface area contributed by atoms with Crippen LogP contribution in [0.5, 0.6) is 0 Å². The topological polar surface area (TPSA) is 46.6 Å². The highest BCUT2D eigenvalue weighted by Crippen LogP contribution is 2.60. The molecule has 2 unspecified atom stereocenters. The van der Waals surface area contributed by atoms with Gasteiger partial charge in [-0.1, -0.05) is 82.1 Å². The summed E-state index contributed by atoms with van der Waals surface area (Å²) < 4.78 is 6.19. The molecule has 1 heterocycles. The van der Waals surface area contributed by atoms with E-state index in [1.807, 2.05) is 0 Å². The smallest absolute Gasteiger partial charge is 0.302 e. The molecule has 1 rings (SSSR count). The van der Waals surface area contributed by atoms with Gasteiger partial charge in [0.15, 0.2) is 0 Å². The summed E-state index contributed by atoms with van der Waals surface area (Å²) in [5.74, 6) is 0.161. The number of amides is 1. The normalized spacial score (nSPS) is 17.4. The van der Waals surface area contributed by atoms with Crippen LogP contribution in [-0.4, -0.2) is 35.5 Å². The van der Waals surface area contributed by atoms with Crippen molar-refractivity contribution >= 4 is 11.9 Å². The van der Waals surface area contributed by atoms with Gasteiger partial charge in [-0.15, -0.1) is 0 Å². The molecule has 0 aromatic carbocycles. The fraction of sp³-hybridized carbons (Fsp3) is 0.938. The van der Waals surface area contributed by atoms with E-state index >= 15 is 0 Å². The number of carbonyl (C=O) groups is 2. The third-order valence-corrected chi connectivity index (χ3v) is 11.5. The van der Waals surface area contributed by atoms with Gasteiger partial charge in [-0.2, -0.15) is 0 Å². The molecular formula is C32H61NO3. The van der Waals surface area contributed by atoms with Crippen molar-refractivity contribution in [2.75, 3.05) is 6.54 Å². The molecule has 1 aliphatic heterocycles. The lowest BCUT2D eigenvalue weighted by Crippen LogP contribution is -2.59. The average molecular weight is 508 g/mol. The van der Waals surface area contributed by atoms with E-state index in [-0.39, 0.29) is 39.8 Å². The maximum absolute atomic E-state index is 13.3. The fourth-order valence-electron chi connectivity index (χ4n) is 7.57. The van der Waals surface area contributed by atoms with Crippen molar-refractivity contribution in [3.05, 3.63) is 0 Å².